The normalized spacial score (nSPS) is 11.2. The smallest absolute Gasteiger partial charge is 0.133 e. The Labute approximate surface area is 122 Å². The van der Waals surface area contributed by atoms with Crippen molar-refractivity contribution < 1.29 is 0 Å². The second-order valence-electron chi connectivity index (χ2n) is 6.00. The van der Waals surface area contributed by atoms with Crippen LogP contribution >= 0.6 is 0 Å². The third-order valence-corrected chi connectivity index (χ3v) is 2.93. The number of aryl methyl sites for hydroxylation is 1. The van der Waals surface area contributed by atoms with Crippen molar-refractivity contribution >= 4 is 11.7 Å². The third kappa shape index (κ3) is 5.15. The first-order valence-corrected chi connectivity index (χ1v) is 7.23. The molecule has 3 N–H and O–H groups in total. The number of amidine groups is 1. The van der Waals surface area contributed by atoms with E-state index in [0.29, 0.717) is 18.3 Å². The van der Waals surface area contributed by atoms with Crippen LogP contribution in [0.1, 0.15) is 51.6 Å². The number of anilines is 1. The lowest BCUT2D eigenvalue weighted by atomic mass is 10.2. The van der Waals surface area contributed by atoms with Gasteiger partial charge >= 0.3 is 0 Å². The summed E-state index contributed by atoms with van der Waals surface area (Å²) in [6.45, 7) is 12.2. The number of rotatable bonds is 7. The Morgan fingerprint density at radius 2 is 1.95 bits per heavy atom. The Kier molecular flexibility index (Phi) is 5.92. The fraction of sp³-hybridized carbons (Fsp3) is 0.667. The minimum Gasteiger partial charge on any atom is -0.388 e. The molecule has 0 unspecified atom stereocenters. The van der Waals surface area contributed by atoms with Crippen molar-refractivity contribution in [2.45, 2.75) is 47.0 Å². The molecule has 1 aromatic heterocycles. The van der Waals surface area contributed by atoms with Crippen LogP contribution in [0.15, 0.2) is 6.07 Å². The molecular formula is C15H27N5. The number of nitrogens with one attached hydrogen (secondary N) is 1. The lowest BCUT2D eigenvalue weighted by molar-refractivity contribution is 0.605. The monoisotopic (exact) mass is 277 g/mol. The Balaban J connectivity index is 3.02. The van der Waals surface area contributed by atoms with E-state index in [2.05, 4.69) is 42.6 Å². The van der Waals surface area contributed by atoms with Crippen LogP contribution in [0.5, 0.6) is 0 Å². The Morgan fingerprint density at radius 3 is 2.45 bits per heavy atom. The lowest BCUT2D eigenvalue weighted by Gasteiger charge is -2.26. The highest BCUT2D eigenvalue weighted by molar-refractivity contribution is 5.77. The predicted molar refractivity (Wildman–Crippen MR) is 84.4 cm³/mol. The van der Waals surface area contributed by atoms with E-state index in [1.54, 1.807) is 0 Å². The number of aromatic nitrogens is 2. The Morgan fingerprint density at radius 1 is 1.30 bits per heavy atom. The van der Waals surface area contributed by atoms with Gasteiger partial charge < -0.3 is 10.6 Å². The molecule has 0 aliphatic carbocycles. The second kappa shape index (κ2) is 7.22. The summed E-state index contributed by atoms with van der Waals surface area (Å²) in [5.74, 6) is 2.86. The van der Waals surface area contributed by atoms with Crippen LogP contribution in [0.25, 0.3) is 0 Å². The van der Waals surface area contributed by atoms with Gasteiger partial charge in [-0.1, -0.05) is 27.7 Å². The molecule has 112 valence electrons. The van der Waals surface area contributed by atoms with E-state index in [4.69, 9.17) is 11.1 Å². The molecule has 1 heterocycles. The van der Waals surface area contributed by atoms with Gasteiger partial charge in [0.05, 0.1) is 5.84 Å². The highest BCUT2D eigenvalue weighted by Gasteiger charge is 2.14. The summed E-state index contributed by atoms with van der Waals surface area (Å²) in [6.07, 6.45) is 0.562. The zero-order chi connectivity index (χ0) is 15.3. The maximum atomic E-state index is 7.40. The summed E-state index contributed by atoms with van der Waals surface area (Å²) in [5.41, 5.74) is 6.46. The van der Waals surface area contributed by atoms with Crippen molar-refractivity contribution in [2.24, 2.45) is 11.7 Å². The molecule has 0 saturated heterocycles. The zero-order valence-corrected chi connectivity index (χ0v) is 13.3. The van der Waals surface area contributed by atoms with Gasteiger partial charge in [-0.15, -0.1) is 0 Å². The van der Waals surface area contributed by atoms with E-state index in [0.717, 1.165) is 30.4 Å². The SMILES string of the molecule is Cc1cc(N(CCC(=N)N)CC(C)C)nc(C(C)C)n1. The minimum absolute atomic E-state index is 0.216. The van der Waals surface area contributed by atoms with E-state index >= 15 is 0 Å². The molecule has 1 rings (SSSR count). The van der Waals surface area contributed by atoms with Crippen LogP contribution in [-0.4, -0.2) is 28.9 Å². The van der Waals surface area contributed by atoms with E-state index in [1.807, 2.05) is 13.0 Å². The van der Waals surface area contributed by atoms with Gasteiger partial charge in [0, 0.05) is 37.2 Å². The molecule has 20 heavy (non-hydrogen) atoms. The fourth-order valence-electron chi connectivity index (χ4n) is 1.99. The topological polar surface area (TPSA) is 78.9 Å². The molecule has 1 aromatic rings. The molecule has 0 fully saturated rings. The largest absolute Gasteiger partial charge is 0.388 e. The summed E-state index contributed by atoms with van der Waals surface area (Å²) in [6, 6.07) is 2.01. The van der Waals surface area contributed by atoms with E-state index in [1.165, 1.54) is 0 Å². The van der Waals surface area contributed by atoms with E-state index in [-0.39, 0.29) is 5.84 Å². The number of nitrogens with zero attached hydrogens (tertiary/aromatic N) is 3. The van der Waals surface area contributed by atoms with E-state index in [9.17, 15) is 0 Å². The quantitative estimate of drug-likeness (QED) is 0.593. The van der Waals surface area contributed by atoms with Gasteiger partial charge in [-0.2, -0.15) is 0 Å². The van der Waals surface area contributed by atoms with Crippen LogP contribution in [0.4, 0.5) is 5.82 Å². The summed E-state index contributed by atoms with van der Waals surface area (Å²) >= 11 is 0. The molecule has 0 spiro atoms. The Bertz CT molecular complexity index is 454. The molecule has 5 heteroatoms. The highest BCUT2D eigenvalue weighted by atomic mass is 15.2. The maximum Gasteiger partial charge on any atom is 0.133 e. The van der Waals surface area contributed by atoms with Gasteiger partial charge in [-0.25, -0.2) is 9.97 Å². The van der Waals surface area contributed by atoms with Crippen LogP contribution in [0, 0.1) is 18.3 Å². The van der Waals surface area contributed by atoms with Gasteiger partial charge in [0.2, 0.25) is 0 Å². The standard InChI is InChI=1S/C15H27N5/c1-10(2)9-20(7-6-13(16)17)14-8-12(5)18-15(19-14)11(3)4/h8,10-11H,6-7,9H2,1-5H3,(H3,16,17). The average molecular weight is 277 g/mol. The molecule has 0 aliphatic rings. The van der Waals surface area contributed by atoms with Gasteiger partial charge in [0.15, 0.2) is 0 Å². The van der Waals surface area contributed by atoms with Crippen molar-refractivity contribution in [1.82, 2.24) is 9.97 Å². The van der Waals surface area contributed by atoms with Gasteiger partial charge in [-0.3, -0.25) is 5.41 Å². The lowest BCUT2D eigenvalue weighted by Crippen LogP contribution is -2.32. The number of hydrogen-bond acceptors (Lipinski definition) is 4. The van der Waals surface area contributed by atoms with Crippen molar-refractivity contribution in [3.05, 3.63) is 17.6 Å². The van der Waals surface area contributed by atoms with Gasteiger partial charge in [-0.05, 0) is 12.8 Å². The minimum atomic E-state index is 0.216. The second-order valence-corrected chi connectivity index (χ2v) is 6.00. The average Bonchev–Trinajstić information content (AvgIpc) is 2.32. The van der Waals surface area contributed by atoms with Crippen LogP contribution in [-0.2, 0) is 0 Å². The molecule has 0 amide bonds. The van der Waals surface area contributed by atoms with Gasteiger partial charge in [0.25, 0.3) is 0 Å². The van der Waals surface area contributed by atoms with Gasteiger partial charge in [0.1, 0.15) is 11.6 Å². The first-order chi connectivity index (χ1) is 9.29. The molecule has 0 saturated carbocycles. The summed E-state index contributed by atoms with van der Waals surface area (Å²) in [7, 11) is 0. The first kappa shape index (κ1) is 16.4. The van der Waals surface area contributed by atoms with Crippen LogP contribution in [0.2, 0.25) is 0 Å². The number of hydrogen-bond donors (Lipinski definition) is 2. The van der Waals surface area contributed by atoms with Crippen molar-refractivity contribution in [1.29, 1.82) is 5.41 Å². The molecule has 0 atom stereocenters. The zero-order valence-electron chi connectivity index (χ0n) is 13.3. The first-order valence-electron chi connectivity index (χ1n) is 7.23. The highest BCUT2D eigenvalue weighted by Crippen LogP contribution is 2.18. The molecule has 5 nitrogen and oxygen atoms in total. The molecule has 0 radical (unpaired) electrons. The molecule has 0 aromatic carbocycles. The third-order valence-electron chi connectivity index (χ3n) is 2.93. The van der Waals surface area contributed by atoms with Crippen LogP contribution < -0.4 is 10.6 Å². The molecule has 0 bridgehead atoms. The molecular weight excluding hydrogens is 250 g/mol. The summed E-state index contributed by atoms with van der Waals surface area (Å²) < 4.78 is 0. The summed E-state index contributed by atoms with van der Waals surface area (Å²) in [4.78, 5) is 11.4. The van der Waals surface area contributed by atoms with E-state index < -0.39 is 0 Å². The van der Waals surface area contributed by atoms with Crippen molar-refractivity contribution in [2.75, 3.05) is 18.0 Å². The molecule has 0 aliphatic heterocycles. The number of nitrogens with two attached hydrogens (primary N) is 1. The maximum absolute atomic E-state index is 7.40. The fourth-order valence-corrected chi connectivity index (χ4v) is 1.99. The predicted octanol–water partition coefficient (Wildman–Crippen LogP) is 2.70. The Hall–Kier alpha value is -1.65. The summed E-state index contributed by atoms with van der Waals surface area (Å²) in [5, 5.41) is 7.40. The van der Waals surface area contributed by atoms with Crippen LogP contribution in [0.3, 0.4) is 0 Å². The van der Waals surface area contributed by atoms with Crippen molar-refractivity contribution in [3.8, 4) is 0 Å². The van der Waals surface area contributed by atoms with Crippen molar-refractivity contribution in [3.63, 3.8) is 0 Å².